The summed E-state index contributed by atoms with van der Waals surface area (Å²) < 4.78 is 41.2. The van der Waals surface area contributed by atoms with Crippen molar-refractivity contribution in [3.63, 3.8) is 0 Å². The summed E-state index contributed by atoms with van der Waals surface area (Å²) in [7, 11) is 0. The van der Waals surface area contributed by atoms with E-state index in [1.165, 1.54) is 22.1 Å². The van der Waals surface area contributed by atoms with Crippen LogP contribution in [0.4, 0.5) is 35.2 Å². The number of piperazine rings is 1. The number of rotatable bonds is 11. The fourth-order valence-electron chi connectivity index (χ4n) is 8.84. The Balaban J connectivity index is 0.918. The van der Waals surface area contributed by atoms with Crippen molar-refractivity contribution < 1.29 is 32.3 Å². The lowest BCUT2D eigenvalue weighted by molar-refractivity contribution is -0.137. The van der Waals surface area contributed by atoms with Crippen LogP contribution in [0.2, 0.25) is 0 Å². The van der Waals surface area contributed by atoms with E-state index in [1.54, 1.807) is 32.0 Å². The third-order valence-electron chi connectivity index (χ3n) is 11.8. The number of benzene rings is 1. The second-order valence-electron chi connectivity index (χ2n) is 16.2. The highest BCUT2D eigenvalue weighted by Gasteiger charge is 2.52. The normalized spacial score (nSPS) is 24.8. The van der Waals surface area contributed by atoms with Gasteiger partial charge in [-0.2, -0.15) is 18.4 Å². The van der Waals surface area contributed by atoms with E-state index >= 15 is 0 Å². The van der Waals surface area contributed by atoms with E-state index < -0.39 is 28.9 Å². The number of nitrogens with zero attached hydrogens (tertiary/aromatic N) is 7. The van der Waals surface area contributed by atoms with Crippen molar-refractivity contribution in [2.75, 3.05) is 47.8 Å². The second kappa shape index (κ2) is 17.1. The number of unbranched alkanes of at least 4 members (excludes halogenated alkanes) is 1. The third-order valence-corrected chi connectivity index (χ3v) is 12.2. The molecule has 1 aromatic heterocycles. The molecule has 4 fully saturated rings. The Morgan fingerprint density at radius 3 is 2.37 bits per heavy atom. The molecule has 3 saturated heterocycles. The summed E-state index contributed by atoms with van der Waals surface area (Å²) >= 11 is 5.76. The van der Waals surface area contributed by atoms with Crippen LogP contribution in [0.5, 0.6) is 0 Å². The molecule has 3 aliphatic heterocycles. The first kappa shape index (κ1) is 42.0. The van der Waals surface area contributed by atoms with Crippen LogP contribution in [-0.2, 0) is 20.6 Å². The van der Waals surface area contributed by atoms with Crippen LogP contribution in [0.25, 0.3) is 0 Å². The van der Waals surface area contributed by atoms with Gasteiger partial charge in [0.25, 0.3) is 5.91 Å². The quantitative estimate of drug-likeness (QED) is 0.208. The Kier molecular flexibility index (Phi) is 12.6. The van der Waals surface area contributed by atoms with E-state index in [-0.39, 0.29) is 66.2 Å². The summed E-state index contributed by atoms with van der Waals surface area (Å²) in [6.45, 7) is 11.0. The molecule has 57 heavy (non-hydrogen) atoms. The molecular weight excluding hydrogens is 760 g/mol. The number of nitriles is 1. The number of imide groups is 1. The molecule has 1 saturated carbocycles. The number of hydrogen-bond donors (Lipinski definition) is 2. The fourth-order valence-corrected chi connectivity index (χ4v) is 9.41. The Hall–Kier alpha value is -4.66. The third kappa shape index (κ3) is 9.23. The van der Waals surface area contributed by atoms with E-state index in [0.717, 1.165) is 76.7 Å². The molecule has 4 aliphatic rings. The van der Waals surface area contributed by atoms with E-state index in [1.807, 2.05) is 4.90 Å². The molecule has 306 valence electrons. The van der Waals surface area contributed by atoms with Gasteiger partial charge in [0.05, 0.1) is 41.3 Å². The summed E-state index contributed by atoms with van der Waals surface area (Å²) in [6, 6.07) is 8.06. The maximum absolute atomic E-state index is 13.7. The number of amides is 5. The molecule has 0 bridgehead atoms. The zero-order valence-corrected chi connectivity index (χ0v) is 33.6. The molecule has 6 rings (SSSR count). The summed E-state index contributed by atoms with van der Waals surface area (Å²) in [4.78, 5) is 63.6. The molecular formula is C40H50F3N9O4S. The van der Waals surface area contributed by atoms with Crippen molar-refractivity contribution in [2.24, 2.45) is 5.92 Å². The molecule has 4 heterocycles. The van der Waals surface area contributed by atoms with Crippen LogP contribution >= 0.6 is 12.2 Å². The summed E-state index contributed by atoms with van der Waals surface area (Å²) in [5.41, 5.74) is -2.07. The topological polar surface area (TPSA) is 145 Å². The molecule has 2 N–H and O–H groups in total. The van der Waals surface area contributed by atoms with Gasteiger partial charge in [0.2, 0.25) is 11.8 Å². The van der Waals surface area contributed by atoms with E-state index in [4.69, 9.17) is 12.2 Å². The van der Waals surface area contributed by atoms with E-state index in [9.17, 15) is 37.6 Å². The van der Waals surface area contributed by atoms with Crippen LogP contribution in [0.3, 0.4) is 0 Å². The highest BCUT2D eigenvalue weighted by molar-refractivity contribution is 7.80. The smallest absolute Gasteiger partial charge is 0.331 e. The zero-order chi connectivity index (χ0) is 41.2. The lowest BCUT2D eigenvalue weighted by Crippen LogP contribution is -2.58. The number of alkyl halides is 3. The predicted octanol–water partition coefficient (Wildman–Crippen LogP) is 5.89. The minimum absolute atomic E-state index is 0.0000669. The molecule has 0 radical (unpaired) electrons. The molecule has 2 atom stereocenters. The Labute approximate surface area is 336 Å². The molecule has 17 heteroatoms. The fraction of sp³-hybridized carbons (Fsp3) is 0.575. The lowest BCUT2D eigenvalue weighted by Gasteiger charge is -2.44. The number of halogens is 3. The van der Waals surface area contributed by atoms with Crippen molar-refractivity contribution in [1.82, 2.24) is 25.0 Å². The minimum Gasteiger partial charge on any atom is -0.331 e. The number of nitrogens with one attached hydrogen (secondary N) is 2. The van der Waals surface area contributed by atoms with Gasteiger partial charge in [0, 0.05) is 44.2 Å². The molecule has 0 unspecified atom stereocenters. The van der Waals surface area contributed by atoms with Gasteiger partial charge in [-0.25, -0.2) is 9.78 Å². The van der Waals surface area contributed by atoms with Gasteiger partial charge < -0.3 is 15.1 Å². The summed E-state index contributed by atoms with van der Waals surface area (Å²) in [5, 5.41) is 14.6. The predicted molar refractivity (Wildman–Crippen MR) is 212 cm³/mol. The van der Waals surface area contributed by atoms with Gasteiger partial charge in [0.15, 0.2) is 5.11 Å². The average Bonchev–Trinajstić information content (AvgIpc) is 3.33. The number of thiocarbonyl (C=S) groups is 1. The summed E-state index contributed by atoms with van der Waals surface area (Å²) in [5.74, 6) is 0.116. The molecule has 1 aromatic carbocycles. The first-order chi connectivity index (χ1) is 27.0. The number of aromatic nitrogens is 1. The zero-order valence-electron chi connectivity index (χ0n) is 32.8. The SMILES string of the molecule is C[C@@H]1CN(CCCCC2CCC(N3C(=S)N(c4ccc(C#N)c(C(F)(F)F)c4)C(=O)C3(C)C)CC2)C[C@H](C)N1CC(=O)Nc1ccc(N2CCC(=O)NC2=O)nc1. The molecule has 13 nitrogen and oxygen atoms in total. The van der Waals surface area contributed by atoms with Crippen molar-refractivity contribution >= 4 is 58.3 Å². The molecule has 0 spiro atoms. The Morgan fingerprint density at radius 2 is 1.75 bits per heavy atom. The first-order valence-electron chi connectivity index (χ1n) is 19.6. The number of carbonyl (C=O) groups excluding carboxylic acids is 4. The minimum atomic E-state index is -4.75. The molecule has 1 aliphatic carbocycles. The monoisotopic (exact) mass is 809 g/mol. The Bertz CT molecular complexity index is 1900. The highest BCUT2D eigenvalue weighted by atomic mass is 32.1. The van der Waals surface area contributed by atoms with Crippen LogP contribution in [0.1, 0.15) is 90.2 Å². The summed E-state index contributed by atoms with van der Waals surface area (Å²) in [6.07, 6.45) is 3.86. The Morgan fingerprint density at radius 1 is 1.05 bits per heavy atom. The number of carbonyl (C=O) groups is 4. The van der Waals surface area contributed by atoms with Gasteiger partial charge >= 0.3 is 12.2 Å². The van der Waals surface area contributed by atoms with Crippen molar-refractivity contribution in [2.45, 2.75) is 109 Å². The molecule has 5 amide bonds. The number of urea groups is 1. The largest absolute Gasteiger partial charge is 0.417 e. The van der Waals surface area contributed by atoms with Gasteiger partial charge in [-0.05, 0) is 115 Å². The number of anilines is 3. The van der Waals surface area contributed by atoms with Crippen LogP contribution in [0, 0.1) is 17.2 Å². The van der Waals surface area contributed by atoms with Crippen molar-refractivity contribution in [1.29, 1.82) is 5.26 Å². The van der Waals surface area contributed by atoms with E-state index in [2.05, 4.69) is 39.3 Å². The average molecular weight is 810 g/mol. The maximum Gasteiger partial charge on any atom is 0.417 e. The number of hydrogen-bond acceptors (Lipinski definition) is 9. The second-order valence-corrected chi connectivity index (χ2v) is 16.6. The highest BCUT2D eigenvalue weighted by Crippen LogP contribution is 2.41. The van der Waals surface area contributed by atoms with Crippen molar-refractivity contribution in [3.8, 4) is 6.07 Å². The first-order valence-corrected chi connectivity index (χ1v) is 20.0. The van der Waals surface area contributed by atoms with Gasteiger partial charge in [-0.3, -0.25) is 34.4 Å². The van der Waals surface area contributed by atoms with Crippen LogP contribution in [0.15, 0.2) is 36.5 Å². The number of pyridine rings is 1. The van der Waals surface area contributed by atoms with Crippen LogP contribution < -0.4 is 20.4 Å². The van der Waals surface area contributed by atoms with E-state index in [0.29, 0.717) is 17.4 Å². The van der Waals surface area contributed by atoms with Crippen LogP contribution in [-0.4, -0.2) is 105 Å². The van der Waals surface area contributed by atoms with Gasteiger partial charge in [0.1, 0.15) is 11.4 Å². The lowest BCUT2D eigenvalue weighted by atomic mass is 9.81. The van der Waals surface area contributed by atoms with Gasteiger partial charge in [-0.1, -0.05) is 12.8 Å². The molecule has 2 aromatic rings. The standard InChI is InChI=1S/C40H50F3N9O4S/c1-25-22-48(23-26(2)50(25)24-35(54)46-29-11-15-33(45-21-29)49-18-16-34(53)47-37(49)56)17-6-5-7-27-8-12-30(13-9-27)52-38(57)51(36(55)39(52,3)4)31-14-10-28(20-44)32(19-31)40(41,42)43/h10-11,14-15,19,21,25-27,30H,5-9,12-13,16-18,22-24H2,1-4H3,(H,46,54)(H,47,53,56)/t25-,26+,27?,30?. The maximum atomic E-state index is 13.7. The van der Waals surface area contributed by atoms with Crippen molar-refractivity contribution in [3.05, 3.63) is 47.7 Å². The van der Waals surface area contributed by atoms with Gasteiger partial charge in [-0.15, -0.1) is 0 Å².